The van der Waals surface area contributed by atoms with Crippen molar-refractivity contribution in [2.24, 2.45) is 0 Å². The Bertz CT molecular complexity index is 331. The smallest absolute Gasteiger partial charge is 0.223 e. The molecule has 21 heavy (non-hydrogen) atoms. The molecular formula is C16H31N3OS. The summed E-state index contributed by atoms with van der Waals surface area (Å²) in [5.41, 5.74) is 0. The van der Waals surface area contributed by atoms with E-state index in [4.69, 9.17) is 0 Å². The van der Waals surface area contributed by atoms with E-state index in [0.717, 1.165) is 44.5 Å². The third kappa shape index (κ3) is 4.86. The Hall–Kier alpha value is -0.260. The predicted molar refractivity (Wildman–Crippen MR) is 90.9 cm³/mol. The number of carbonyl (C=O) groups excluding carboxylic acids is 1. The van der Waals surface area contributed by atoms with Crippen LogP contribution >= 0.6 is 11.8 Å². The van der Waals surface area contributed by atoms with Gasteiger partial charge in [-0.3, -0.25) is 4.79 Å². The van der Waals surface area contributed by atoms with Gasteiger partial charge in [0.1, 0.15) is 0 Å². The van der Waals surface area contributed by atoms with Gasteiger partial charge in [0.25, 0.3) is 0 Å². The predicted octanol–water partition coefficient (Wildman–Crippen LogP) is 1.76. The van der Waals surface area contributed by atoms with Gasteiger partial charge in [-0.25, -0.2) is 0 Å². The van der Waals surface area contributed by atoms with E-state index < -0.39 is 0 Å². The lowest BCUT2D eigenvalue weighted by atomic mass is 10.2. The summed E-state index contributed by atoms with van der Waals surface area (Å²) in [6.07, 6.45) is 6.50. The van der Waals surface area contributed by atoms with E-state index in [1.165, 1.54) is 19.3 Å². The number of hydrogen-bond acceptors (Lipinski definition) is 4. The molecule has 122 valence electrons. The highest BCUT2D eigenvalue weighted by atomic mass is 32.2. The van der Waals surface area contributed by atoms with Gasteiger partial charge in [-0.2, -0.15) is 11.8 Å². The van der Waals surface area contributed by atoms with Crippen molar-refractivity contribution in [1.82, 2.24) is 14.7 Å². The van der Waals surface area contributed by atoms with E-state index in [2.05, 4.69) is 23.0 Å². The Morgan fingerprint density at radius 3 is 2.43 bits per heavy atom. The summed E-state index contributed by atoms with van der Waals surface area (Å²) in [5.74, 6) is 0.333. The Morgan fingerprint density at radius 1 is 1.19 bits per heavy atom. The van der Waals surface area contributed by atoms with Crippen LogP contribution in [0.4, 0.5) is 0 Å². The molecule has 0 bridgehead atoms. The maximum atomic E-state index is 12.4. The molecule has 2 aliphatic rings. The summed E-state index contributed by atoms with van der Waals surface area (Å²) < 4.78 is 0. The number of amides is 1. The minimum atomic E-state index is 0.333. The van der Waals surface area contributed by atoms with Crippen LogP contribution in [0.15, 0.2) is 0 Å². The van der Waals surface area contributed by atoms with Gasteiger partial charge in [-0.05, 0) is 32.1 Å². The molecule has 0 aromatic heterocycles. The molecule has 0 spiro atoms. The fraction of sp³-hybridized carbons (Fsp3) is 0.938. The van der Waals surface area contributed by atoms with Crippen molar-refractivity contribution >= 4 is 17.7 Å². The number of thioether (sulfide) groups is 1. The SMILES string of the molecule is CCN1CCN(CCC(=O)N(C)[C@@H]2CC[C@H](SC)C2)CC1. The van der Waals surface area contributed by atoms with Crippen LogP contribution < -0.4 is 0 Å². The molecule has 4 nitrogen and oxygen atoms in total. The Morgan fingerprint density at radius 2 is 1.86 bits per heavy atom. The molecule has 0 aromatic carbocycles. The first-order chi connectivity index (χ1) is 10.1. The summed E-state index contributed by atoms with van der Waals surface area (Å²) in [6, 6.07) is 0.479. The summed E-state index contributed by atoms with van der Waals surface area (Å²) in [6.45, 7) is 8.83. The lowest BCUT2D eigenvalue weighted by Gasteiger charge is -2.34. The molecule has 1 saturated heterocycles. The fourth-order valence-electron chi connectivity index (χ4n) is 3.45. The lowest BCUT2D eigenvalue weighted by molar-refractivity contribution is -0.132. The van der Waals surface area contributed by atoms with Gasteiger partial charge in [-0.1, -0.05) is 6.92 Å². The van der Waals surface area contributed by atoms with Crippen LogP contribution in [0.25, 0.3) is 0 Å². The summed E-state index contributed by atoms with van der Waals surface area (Å²) in [5, 5.41) is 0.757. The zero-order valence-electron chi connectivity index (χ0n) is 13.9. The Balaban J connectivity index is 1.67. The van der Waals surface area contributed by atoms with Gasteiger partial charge in [-0.15, -0.1) is 0 Å². The molecule has 0 N–H and O–H groups in total. The molecule has 2 rings (SSSR count). The van der Waals surface area contributed by atoms with Crippen LogP contribution in [-0.4, -0.2) is 84.5 Å². The maximum Gasteiger partial charge on any atom is 0.223 e. The second-order valence-corrected chi connectivity index (χ2v) is 7.49. The van der Waals surface area contributed by atoms with Crippen molar-refractivity contribution in [3.63, 3.8) is 0 Å². The monoisotopic (exact) mass is 313 g/mol. The molecule has 2 atom stereocenters. The molecule has 1 saturated carbocycles. The van der Waals surface area contributed by atoms with Gasteiger partial charge in [0, 0.05) is 57.5 Å². The third-order valence-corrected chi connectivity index (χ3v) is 6.28. The van der Waals surface area contributed by atoms with E-state index in [0.29, 0.717) is 18.4 Å². The molecule has 1 aliphatic heterocycles. The standard InChI is InChI=1S/C16H31N3OS/c1-4-18-9-11-19(12-10-18)8-7-16(20)17(2)14-5-6-15(13-14)21-3/h14-15H,4-13H2,1-3H3/t14-,15+/m1/s1. The minimum absolute atomic E-state index is 0.333. The average molecular weight is 314 g/mol. The molecule has 5 heteroatoms. The number of hydrogen-bond donors (Lipinski definition) is 0. The van der Waals surface area contributed by atoms with Gasteiger partial charge in [0.15, 0.2) is 0 Å². The first kappa shape index (κ1) is 17.1. The third-order valence-electron chi connectivity index (χ3n) is 5.19. The molecular weight excluding hydrogens is 282 g/mol. The normalized spacial score (nSPS) is 28.0. The second-order valence-electron chi connectivity index (χ2n) is 6.36. The van der Waals surface area contributed by atoms with Crippen molar-refractivity contribution in [3.05, 3.63) is 0 Å². The van der Waals surface area contributed by atoms with Crippen molar-refractivity contribution in [3.8, 4) is 0 Å². The van der Waals surface area contributed by atoms with Crippen molar-refractivity contribution in [1.29, 1.82) is 0 Å². The van der Waals surface area contributed by atoms with Crippen molar-refractivity contribution in [2.45, 2.75) is 43.9 Å². The van der Waals surface area contributed by atoms with Crippen LogP contribution in [0.5, 0.6) is 0 Å². The highest BCUT2D eigenvalue weighted by Gasteiger charge is 2.29. The molecule has 0 unspecified atom stereocenters. The number of piperazine rings is 1. The maximum absolute atomic E-state index is 12.4. The van der Waals surface area contributed by atoms with Crippen LogP contribution in [-0.2, 0) is 4.79 Å². The van der Waals surface area contributed by atoms with E-state index in [1.54, 1.807) is 0 Å². The van der Waals surface area contributed by atoms with Crippen LogP contribution in [0, 0.1) is 0 Å². The summed E-state index contributed by atoms with van der Waals surface area (Å²) in [7, 11) is 2.00. The first-order valence-corrected chi connectivity index (χ1v) is 9.66. The summed E-state index contributed by atoms with van der Waals surface area (Å²) in [4.78, 5) is 19.3. The van der Waals surface area contributed by atoms with E-state index in [9.17, 15) is 4.79 Å². The van der Waals surface area contributed by atoms with Gasteiger partial charge >= 0.3 is 0 Å². The number of carbonyl (C=O) groups is 1. The largest absolute Gasteiger partial charge is 0.343 e. The zero-order chi connectivity index (χ0) is 15.2. The minimum Gasteiger partial charge on any atom is -0.343 e. The molecule has 0 radical (unpaired) electrons. The van der Waals surface area contributed by atoms with Crippen molar-refractivity contribution < 1.29 is 4.79 Å². The first-order valence-electron chi connectivity index (χ1n) is 8.37. The highest BCUT2D eigenvalue weighted by Crippen LogP contribution is 2.31. The van der Waals surface area contributed by atoms with Crippen LogP contribution in [0.3, 0.4) is 0 Å². The summed E-state index contributed by atoms with van der Waals surface area (Å²) >= 11 is 1.95. The van der Waals surface area contributed by atoms with Gasteiger partial charge < -0.3 is 14.7 Å². The van der Waals surface area contributed by atoms with Gasteiger partial charge in [0.05, 0.1) is 0 Å². The average Bonchev–Trinajstić information content (AvgIpc) is 3.01. The Labute approximate surface area is 134 Å². The van der Waals surface area contributed by atoms with E-state index in [-0.39, 0.29) is 0 Å². The fourth-order valence-corrected chi connectivity index (χ4v) is 4.23. The Kier molecular flexibility index (Phi) is 6.83. The number of rotatable bonds is 6. The highest BCUT2D eigenvalue weighted by molar-refractivity contribution is 7.99. The number of likely N-dealkylation sites (N-methyl/N-ethyl adjacent to an activating group) is 1. The zero-order valence-corrected chi connectivity index (χ0v) is 14.7. The van der Waals surface area contributed by atoms with E-state index in [1.807, 2.05) is 23.7 Å². The van der Waals surface area contributed by atoms with Crippen molar-refractivity contribution in [2.75, 3.05) is 52.6 Å². The number of nitrogens with zero attached hydrogens (tertiary/aromatic N) is 3. The molecule has 1 heterocycles. The quantitative estimate of drug-likeness (QED) is 0.746. The van der Waals surface area contributed by atoms with Gasteiger partial charge in [0.2, 0.25) is 5.91 Å². The van der Waals surface area contributed by atoms with E-state index >= 15 is 0 Å². The second kappa shape index (κ2) is 8.39. The molecule has 1 aliphatic carbocycles. The molecule has 1 amide bonds. The molecule has 2 fully saturated rings. The van der Waals surface area contributed by atoms with Crippen LogP contribution in [0.2, 0.25) is 0 Å². The molecule has 0 aromatic rings. The topological polar surface area (TPSA) is 26.8 Å². The van der Waals surface area contributed by atoms with Crippen LogP contribution in [0.1, 0.15) is 32.6 Å². The lowest BCUT2D eigenvalue weighted by Crippen LogP contribution is -2.47.